The number of fused-ring (bicyclic) bond motifs is 1. The highest BCUT2D eigenvalue weighted by Gasteiger charge is 2.32. The number of alkyl halides is 1. The third kappa shape index (κ3) is 3.14. The normalized spacial score (nSPS) is 20.3. The van der Waals surface area contributed by atoms with Crippen LogP contribution in [0.25, 0.3) is 10.2 Å². The lowest BCUT2D eigenvalue weighted by Crippen LogP contribution is -2.52. The Bertz CT molecular complexity index is 930. The van der Waals surface area contributed by atoms with Gasteiger partial charge in [-0.15, -0.1) is 11.3 Å². The predicted octanol–water partition coefficient (Wildman–Crippen LogP) is 3.35. The van der Waals surface area contributed by atoms with E-state index in [4.69, 9.17) is 0 Å². The van der Waals surface area contributed by atoms with Crippen LogP contribution in [0.1, 0.15) is 22.3 Å². The minimum absolute atomic E-state index is 0.209. The monoisotopic (exact) mass is 370 g/mol. The molecule has 5 nitrogen and oxygen atoms in total. The Balaban J connectivity index is 1.48. The molecule has 2 aromatic heterocycles. The summed E-state index contributed by atoms with van der Waals surface area (Å²) in [6, 6.07) is 8.42. The Labute approximate surface area is 154 Å². The van der Waals surface area contributed by atoms with Crippen molar-refractivity contribution in [3.8, 4) is 0 Å². The van der Waals surface area contributed by atoms with E-state index in [9.17, 15) is 9.18 Å². The van der Waals surface area contributed by atoms with Crippen LogP contribution in [0, 0.1) is 6.92 Å². The van der Waals surface area contributed by atoms with Gasteiger partial charge in [0.2, 0.25) is 0 Å². The van der Waals surface area contributed by atoms with E-state index in [1.807, 2.05) is 23.3 Å². The van der Waals surface area contributed by atoms with Gasteiger partial charge in [0.25, 0.3) is 5.91 Å². The number of hydrogen-bond acceptors (Lipinski definition) is 5. The molecule has 1 N–H and O–H groups in total. The van der Waals surface area contributed by atoms with Gasteiger partial charge in [-0.2, -0.15) is 0 Å². The molecular formula is C19H19FN4OS. The number of carbonyl (C=O) groups excluding carboxylic acids is 1. The first kappa shape index (κ1) is 16.9. The van der Waals surface area contributed by atoms with E-state index in [0.717, 1.165) is 21.6 Å². The first-order chi connectivity index (χ1) is 12.6. The van der Waals surface area contributed by atoms with Gasteiger partial charge in [-0.3, -0.25) is 4.79 Å². The van der Waals surface area contributed by atoms with Crippen molar-refractivity contribution in [3.63, 3.8) is 0 Å². The molecule has 3 aromatic rings. The highest BCUT2D eigenvalue weighted by molar-refractivity contribution is 7.17. The number of anilines is 1. The Morgan fingerprint density at radius 2 is 2.12 bits per heavy atom. The maximum Gasteiger partial charge on any atom is 0.251 e. The van der Waals surface area contributed by atoms with Crippen LogP contribution in [0.3, 0.4) is 0 Å². The number of nitrogens with one attached hydrogen (secondary N) is 1. The third-order valence-electron chi connectivity index (χ3n) is 4.73. The van der Waals surface area contributed by atoms with Crippen molar-refractivity contribution < 1.29 is 9.18 Å². The number of nitrogens with zero attached hydrogens (tertiary/aromatic N) is 3. The standard InChI is InChI=1S/C19H19FN4OS/c1-12-10-26-19-16(12)17(21-11-22-19)24-8-7-15(14(20)9-24)23-18(25)13-5-3-2-4-6-13/h2-6,10-11,14-15H,7-9H2,1H3,(H,23,25). The number of halogens is 1. The third-order valence-corrected chi connectivity index (χ3v) is 5.73. The van der Waals surface area contributed by atoms with Crippen molar-refractivity contribution in [1.82, 2.24) is 15.3 Å². The zero-order valence-corrected chi connectivity index (χ0v) is 15.2. The molecule has 0 aliphatic carbocycles. The van der Waals surface area contributed by atoms with Crippen molar-refractivity contribution in [2.75, 3.05) is 18.0 Å². The number of thiophene rings is 1. The highest BCUT2D eigenvalue weighted by Crippen LogP contribution is 2.32. The van der Waals surface area contributed by atoms with E-state index in [0.29, 0.717) is 18.5 Å². The lowest BCUT2D eigenvalue weighted by molar-refractivity contribution is 0.0898. The lowest BCUT2D eigenvalue weighted by Gasteiger charge is -2.36. The van der Waals surface area contributed by atoms with Gasteiger partial charge in [-0.1, -0.05) is 18.2 Å². The summed E-state index contributed by atoms with van der Waals surface area (Å²) in [4.78, 5) is 23.9. The van der Waals surface area contributed by atoms with Gasteiger partial charge in [-0.05, 0) is 36.4 Å². The van der Waals surface area contributed by atoms with E-state index in [-0.39, 0.29) is 12.5 Å². The van der Waals surface area contributed by atoms with Crippen molar-refractivity contribution in [2.24, 2.45) is 0 Å². The Kier molecular flexibility index (Phi) is 4.55. The summed E-state index contributed by atoms with van der Waals surface area (Å²) in [5.41, 5.74) is 1.66. The number of amides is 1. The molecule has 1 fully saturated rings. The minimum atomic E-state index is -1.15. The minimum Gasteiger partial charge on any atom is -0.353 e. The van der Waals surface area contributed by atoms with Crippen LogP contribution in [0.2, 0.25) is 0 Å². The second-order valence-corrected chi connectivity index (χ2v) is 7.35. The molecule has 0 radical (unpaired) electrons. The molecule has 0 saturated carbocycles. The van der Waals surface area contributed by atoms with Crippen molar-refractivity contribution >= 4 is 33.3 Å². The van der Waals surface area contributed by atoms with E-state index in [1.165, 1.54) is 6.33 Å². The fourth-order valence-electron chi connectivity index (χ4n) is 3.34. The Hall–Kier alpha value is -2.54. The van der Waals surface area contributed by atoms with Crippen molar-refractivity contribution in [2.45, 2.75) is 25.6 Å². The molecule has 1 amide bonds. The number of piperidine rings is 1. The average Bonchev–Trinajstić information content (AvgIpc) is 3.05. The van der Waals surface area contributed by atoms with Crippen LogP contribution in [0.4, 0.5) is 10.2 Å². The van der Waals surface area contributed by atoms with Gasteiger partial charge in [0.15, 0.2) is 0 Å². The maximum atomic E-state index is 14.8. The fraction of sp³-hybridized carbons (Fsp3) is 0.316. The smallest absolute Gasteiger partial charge is 0.251 e. The first-order valence-corrected chi connectivity index (χ1v) is 9.45. The summed E-state index contributed by atoms with van der Waals surface area (Å²) in [5, 5.41) is 5.87. The second-order valence-electron chi connectivity index (χ2n) is 6.49. The highest BCUT2D eigenvalue weighted by atomic mass is 32.1. The van der Waals surface area contributed by atoms with Crippen LogP contribution < -0.4 is 10.2 Å². The molecule has 4 rings (SSSR count). The lowest BCUT2D eigenvalue weighted by atomic mass is 10.0. The Morgan fingerprint density at radius 3 is 2.88 bits per heavy atom. The quantitative estimate of drug-likeness (QED) is 0.768. The molecule has 0 bridgehead atoms. The van der Waals surface area contributed by atoms with Crippen LogP contribution >= 0.6 is 11.3 Å². The van der Waals surface area contributed by atoms with Crippen LogP contribution in [-0.2, 0) is 0 Å². The summed E-state index contributed by atoms with van der Waals surface area (Å²) < 4.78 is 14.8. The zero-order valence-electron chi connectivity index (χ0n) is 14.4. The topological polar surface area (TPSA) is 58.1 Å². The predicted molar refractivity (Wildman–Crippen MR) is 102 cm³/mol. The Morgan fingerprint density at radius 1 is 1.31 bits per heavy atom. The SMILES string of the molecule is Cc1csc2ncnc(N3CCC(NC(=O)c4ccccc4)C(F)C3)c12. The molecule has 26 heavy (non-hydrogen) atoms. The average molecular weight is 370 g/mol. The summed E-state index contributed by atoms with van der Waals surface area (Å²) >= 11 is 1.57. The van der Waals surface area contributed by atoms with Gasteiger partial charge in [-0.25, -0.2) is 14.4 Å². The van der Waals surface area contributed by atoms with Gasteiger partial charge in [0.1, 0.15) is 23.1 Å². The van der Waals surface area contributed by atoms with E-state index in [2.05, 4.69) is 15.3 Å². The van der Waals surface area contributed by atoms with Crippen LogP contribution in [-0.4, -0.2) is 41.2 Å². The molecular weight excluding hydrogens is 351 g/mol. The number of benzene rings is 1. The van der Waals surface area contributed by atoms with Crippen LogP contribution in [0.15, 0.2) is 42.0 Å². The molecule has 7 heteroatoms. The number of carbonyl (C=O) groups is 1. The molecule has 1 aliphatic rings. The molecule has 1 saturated heterocycles. The molecule has 3 heterocycles. The number of hydrogen-bond donors (Lipinski definition) is 1. The summed E-state index contributed by atoms with van der Waals surface area (Å²) in [7, 11) is 0. The van der Waals surface area contributed by atoms with Gasteiger partial charge in [0, 0.05) is 12.1 Å². The zero-order chi connectivity index (χ0) is 18.1. The molecule has 0 spiro atoms. The maximum absolute atomic E-state index is 14.8. The largest absolute Gasteiger partial charge is 0.353 e. The molecule has 1 aliphatic heterocycles. The summed E-state index contributed by atoms with van der Waals surface area (Å²) in [6.07, 6.45) is 0.916. The number of aromatic nitrogens is 2. The molecule has 134 valence electrons. The van der Waals surface area contributed by atoms with Crippen LogP contribution in [0.5, 0.6) is 0 Å². The van der Waals surface area contributed by atoms with Crippen molar-refractivity contribution in [3.05, 3.63) is 53.2 Å². The first-order valence-electron chi connectivity index (χ1n) is 8.57. The van der Waals surface area contributed by atoms with E-state index in [1.54, 1.807) is 35.6 Å². The van der Waals surface area contributed by atoms with E-state index < -0.39 is 12.2 Å². The van der Waals surface area contributed by atoms with Gasteiger partial charge < -0.3 is 10.2 Å². The number of rotatable bonds is 3. The van der Waals surface area contributed by atoms with Crippen molar-refractivity contribution in [1.29, 1.82) is 0 Å². The van der Waals surface area contributed by atoms with E-state index >= 15 is 0 Å². The summed E-state index contributed by atoms with van der Waals surface area (Å²) in [6.45, 7) is 2.87. The molecule has 1 aromatic carbocycles. The number of aryl methyl sites for hydroxylation is 1. The molecule has 2 atom stereocenters. The molecule has 2 unspecified atom stereocenters. The fourth-order valence-corrected chi connectivity index (χ4v) is 4.22. The second kappa shape index (κ2) is 6.99. The van der Waals surface area contributed by atoms with Gasteiger partial charge >= 0.3 is 0 Å². The summed E-state index contributed by atoms with van der Waals surface area (Å²) in [5.74, 6) is 0.550. The van der Waals surface area contributed by atoms with Gasteiger partial charge in [0.05, 0.1) is 18.0 Å².